The summed E-state index contributed by atoms with van der Waals surface area (Å²) in [4.78, 5) is 13.7. The predicted octanol–water partition coefficient (Wildman–Crippen LogP) is 3.31. The first-order chi connectivity index (χ1) is 16.3. The number of halogens is 3. The number of amides is 1. The minimum atomic E-state index is -4.49. The molecule has 0 unspecified atom stereocenters. The molecule has 4 aromatic rings. The minimum absolute atomic E-state index is 0.0506. The summed E-state index contributed by atoms with van der Waals surface area (Å²) in [6, 6.07) is 13.9. The molecule has 2 aromatic heterocycles. The Morgan fingerprint density at radius 2 is 1.97 bits per heavy atom. The fourth-order valence-corrected chi connectivity index (χ4v) is 3.71. The van der Waals surface area contributed by atoms with E-state index in [-0.39, 0.29) is 28.6 Å². The summed E-state index contributed by atoms with van der Waals surface area (Å²) in [5.74, 6) is -0.468. The second-order valence-electron chi connectivity index (χ2n) is 6.69. The summed E-state index contributed by atoms with van der Waals surface area (Å²) in [6.07, 6.45) is -3.40. The summed E-state index contributed by atoms with van der Waals surface area (Å²) in [5, 5.41) is 18.8. The molecule has 2 aromatic carbocycles. The standard InChI is InChI=1S/C20H15F3N8O2S/c21-20(22,23)13-6-4-5-12(9-13)10-25-27-19(32)16-15(11-34-14-7-2-1-3-8-14)31(30-26-16)18-17(24)28-33-29-18/h1-10H,11H2,(H2,24,28)(H,27,32)/b25-10+. The third kappa shape index (κ3) is 5.23. The van der Waals surface area contributed by atoms with E-state index in [1.165, 1.54) is 28.6 Å². The van der Waals surface area contributed by atoms with Crippen molar-refractivity contribution in [2.24, 2.45) is 5.10 Å². The van der Waals surface area contributed by atoms with Crippen molar-refractivity contribution in [1.82, 2.24) is 30.7 Å². The first-order valence-electron chi connectivity index (χ1n) is 9.54. The van der Waals surface area contributed by atoms with E-state index in [4.69, 9.17) is 5.73 Å². The van der Waals surface area contributed by atoms with E-state index in [1.807, 2.05) is 30.3 Å². The smallest absolute Gasteiger partial charge is 0.378 e. The van der Waals surface area contributed by atoms with E-state index in [1.54, 1.807) is 0 Å². The lowest BCUT2D eigenvalue weighted by Crippen LogP contribution is -2.20. The monoisotopic (exact) mass is 488 g/mol. The van der Waals surface area contributed by atoms with Gasteiger partial charge in [-0.25, -0.2) is 10.1 Å². The van der Waals surface area contributed by atoms with Crippen molar-refractivity contribution in [2.45, 2.75) is 16.8 Å². The second kappa shape index (κ2) is 9.74. The zero-order valence-corrected chi connectivity index (χ0v) is 17.9. The largest absolute Gasteiger partial charge is 0.416 e. The Morgan fingerprint density at radius 3 is 2.68 bits per heavy atom. The SMILES string of the molecule is Nc1nonc1-n1nnc(C(=O)N/N=C/c2cccc(C(F)(F)F)c2)c1CSc1ccccc1. The number of aromatic nitrogens is 5. The van der Waals surface area contributed by atoms with Gasteiger partial charge in [0.1, 0.15) is 0 Å². The van der Waals surface area contributed by atoms with Crippen LogP contribution < -0.4 is 11.2 Å². The Kier molecular flexibility index (Phi) is 6.58. The average molecular weight is 488 g/mol. The van der Waals surface area contributed by atoms with Gasteiger partial charge in [-0.15, -0.1) is 16.9 Å². The minimum Gasteiger partial charge on any atom is -0.378 e. The summed E-state index contributed by atoms with van der Waals surface area (Å²) >= 11 is 1.41. The first-order valence-corrected chi connectivity index (χ1v) is 10.5. The molecular weight excluding hydrogens is 473 g/mol. The first kappa shape index (κ1) is 23.0. The molecule has 0 spiro atoms. The van der Waals surface area contributed by atoms with Crippen molar-refractivity contribution in [3.63, 3.8) is 0 Å². The number of nitrogen functional groups attached to an aromatic ring is 1. The Morgan fingerprint density at radius 1 is 1.18 bits per heavy atom. The average Bonchev–Trinajstić information content (AvgIpc) is 3.43. The highest BCUT2D eigenvalue weighted by molar-refractivity contribution is 7.98. The van der Waals surface area contributed by atoms with Crippen LogP contribution >= 0.6 is 11.8 Å². The summed E-state index contributed by atoms with van der Waals surface area (Å²) in [7, 11) is 0. The molecule has 0 bridgehead atoms. The summed E-state index contributed by atoms with van der Waals surface area (Å²) in [6.45, 7) is 0. The molecule has 0 saturated heterocycles. The second-order valence-corrected chi connectivity index (χ2v) is 7.74. The number of carbonyl (C=O) groups is 1. The zero-order valence-electron chi connectivity index (χ0n) is 17.1. The molecule has 3 N–H and O–H groups in total. The van der Waals surface area contributed by atoms with Gasteiger partial charge in [0.25, 0.3) is 5.91 Å². The van der Waals surface area contributed by atoms with Crippen LogP contribution in [0.2, 0.25) is 0 Å². The highest BCUT2D eigenvalue weighted by Gasteiger charge is 2.30. The molecule has 174 valence electrons. The van der Waals surface area contributed by atoms with Gasteiger partial charge in [-0.2, -0.15) is 23.0 Å². The molecule has 10 nitrogen and oxygen atoms in total. The lowest BCUT2D eigenvalue weighted by molar-refractivity contribution is -0.137. The van der Waals surface area contributed by atoms with Crippen molar-refractivity contribution in [3.8, 4) is 5.82 Å². The Labute approximate surface area is 194 Å². The van der Waals surface area contributed by atoms with Crippen LogP contribution in [0.3, 0.4) is 0 Å². The Bertz CT molecular complexity index is 1320. The Hall–Kier alpha value is -4.20. The zero-order chi connectivity index (χ0) is 24.1. The van der Waals surface area contributed by atoms with Gasteiger partial charge in [0.05, 0.1) is 17.5 Å². The normalized spacial score (nSPS) is 11.7. The topological polar surface area (TPSA) is 137 Å². The van der Waals surface area contributed by atoms with Crippen LogP contribution in [0.5, 0.6) is 0 Å². The summed E-state index contributed by atoms with van der Waals surface area (Å²) < 4.78 is 44.4. The quantitative estimate of drug-likeness (QED) is 0.230. The number of thioether (sulfide) groups is 1. The number of anilines is 1. The number of hydrazone groups is 1. The molecule has 0 aliphatic heterocycles. The van der Waals surface area contributed by atoms with Gasteiger partial charge in [0.15, 0.2) is 5.69 Å². The highest BCUT2D eigenvalue weighted by atomic mass is 32.2. The van der Waals surface area contributed by atoms with Crippen LogP contribution in [0.15, 0.2) is 69.2 Å². The van der Waals surface area contributed by atoms with E-state index in [2.05, 4.69) is 35.8 Å². The number of nitrogens with zero attached hydrogens (tertiary/aromatic N) is 6. The molecule has 34 heavy (non-hydrogen) atoms. The molecular formula is C20H15F3N8O2S. The molecule has 0 fully saturated rings. The van der Waals surface area contributed by atoms with E-state index < -0.39 is 17.6 Å². The summed E-state index contributed by atoms with van der Waals surface area (Å²) in [5.41, 5.74) is 7.59. The molecule has 0 aliphatic rings. The number of carbonyl (C=O) groups excluding carboxylic acids is 1. The number of rotatable bonds is 7. The lowest BCUT2D eigenvalue weighted by atomic mass is 10.1. The molecule has 0 saturated carbocycles. The van der Waals surface area contributed by atoms with Crippen molar-refractivity contribution < 1.29 is 22.6 Å². The van der Waals surface area contributed by atoms with Crippen LogP contribution in [0.4, 0.5) is 19.0 Å². The number of nitrogens with one attached hydrogen (secondary N) is 1. The fraction of sp³-hybridized carbons (Fsp3) is 0.100. The Balaban J connectivity index is 1.55. The molecule has 0 atom stereocenters. The molecule has 0 aliphatic carbocycles. The predicted molar refractivity (Wildman–Crippen MR) is 116 cm³/mol. The number of hydrogen-bond donors (Lipinski definition) is 2. The third-order valence-electron chi connectivity index (χ3n) is 4.39. The van der Waals surface area contributed by atoms with Crippen molar-refractivity contribution in [1.29, 1.82) is 0 Å². The fourth-order valence-electron chi connectivity index (χ4n) is 2.80. The molecule has 2 heterocycles. The van der Waals surface area contributed by atoms with Gasteiger partial charge in [0.2, 0.25) is 11.6 Å². The van der Waals surface area contributed by atoms with Crippen LogP contribution in [0, 0.1) is 0 Å². The van der Waals surface area contributed by atoms with Crippen LogP contribution in [0.25, 0.3) is 5.82 Å². The van der Waals surface area contributed by atoms with Crippen molar-refractivity contribution >= 4 is 29.7 Å². The van der Waals surface area contributed by atoms with Crippen LogP contribution in [-0.4, -0.2) is 37.4 Å². The van der Waals surface area contributed by atoms with Gasteiger partial charge < -0.3 is 5.73 Å². The number of benzene rings is 2. The maximum absolute atomic E-state index is 12.9. The van der Waals surface area contributed by atoms with E-state index in [0.717, 1.165) is 23.2 Å². The van der Waals surface area contributed by atoms with Crippen LogP contribution in [0.1, 0.15) is 27.3 Å². The molecule has 4 rings (SSSR count). The maximum atomic E-state index is 12.9. The van der Waals surface area contributed by atoms with Gasteiger partial charge in [-0.3, -0.25) is 4.79 Å². The molecule has 1 amide bonds. The highest BCUT2D eigenvalue weighted by Crippen LogP contribution is 2.29. The number of nitrogens with two attached hydrogens (primary N) is 1. The van der Waals surface area contributed by atoms with Gasteiger partial charge in [0, 0.05) is 10.6 Å². The number of hydrogen-bond acceptors (Lipinski definition) is 9. The molecule has 0 radical (unpaired) electrons. The van der Waals surface area contributed by atoms with Crippen molar-refractivity contribution in [3.05, 3.63) is 77.1 Å². The lowest BCUT2D eigenvalue weighted by Gasteiger charge is -2.06. The molecule has 14 heteroatoms. The van der Waals surface area contributed by atoms with Gasteiger partial charge >= 0.3 is 6.18 Å². The van der Waals surface area contributed by atoms with Gasteiger partial charge in [-0.1, -0.05) is 35.5 Å². The van der Waals surface area contributed by atoms with E-state index >= 15 is 0 Å². The number of alkyl halides is 3. The van der Waals surface area contributed by atoms with Crippen LogP contribution in [-0.2, 0) is 11.9 Å². The van der Waals surface area contributed by atoms with E-state index in [0.29, 0.717) is 5.69 Å². The van der Waals surface area contributed by atoms with E-state index in [9.17, 15) is 18.0 Å². The van der Waals surface area contributed by atoms with Gasteiger partial charge in [-0.05, 0) is 40.1 Å². The van der Waals surface area contributed by atoms with Crippen molar-refractivity contribution in [2.75, 3.05) is 5.73 Å². The maximum Gasteiger partial charge on any atom is 0.416 e. The third-order valence-corrected chi connectivity index (χ3v) is 5.41.